The number of hydrogen-bond donors (Lipinski definition) is 0. The summed E-state index contributed by atoms with van der Waals surface area (Å²) in [5.41, 5.74) is 4.70. The highest BCUT2D eigenvalue weighted by Gasteiger charge is 2.31. The van der Waals surface area contributed by atoms with Crippen molar-refractivity contribution < 1.29 is 23.5 Å². The minimum atomic E-state index is -0.419. The van der Waals surface area contributed by atoms with E-state index in [9.17, 15) is 9.59 Å². The summed E-state index contributed by atoms with van der Waals surface area (Å²) in [7, 11) is 1.39. The number of nitrogens with zero attached hydrogens (tertiary/aromatic N) is 6. The van der Waals surface area contributed by atoms with Gasteiger partial charge in [0, 0.05) is 56.1 Å². The fourth-order valence-corrected chi connectivity index (χ4v) is 6.68. The number of hydrogen-bond acceptors (Lipinski definition) is 8. The summed E-state index contributed by atoms with van der Waals surface area (Å²) in [4.78, 5) is 36.7. The van der Waals surface area contributed by atoms with Crippen LogP contribution in [0.1, 0.15) is 41.0 Å². The van der Waals surface area contributed by atoms with Crippen molar-refractivity contribution in [2.45, 2.75) is 25.8 Å². The van der Waals surface area contributed by atoms with Gasteiger partial charge >= 0.3 is 5.97 Å². The van der Waals surface area contributed by atoms with Gasteiger partial charge in [0.25, 0.3) is 5.91 Å². The van der Waals surface area contributed by atoms with Crippen LogP contribution in [-0.2, 0) is 20.7 Å². The van der Waals surface area contributed by atoms with Crippen LogP contribution in [0, 0.1) is 11.7 Å². The van der Waals surface area contributed by atoms with Gasteiger partial charge in [0.1, 0.15) is 17.3 Å². The predicted molar refractivity (Wildman–Crippen MR) is 163 cm³/mol. The zero-order valence-corrected chi connectivity index (χ0v) is 24.9. The smallest absolute Gasteiger partial charge is 0.310 e. The summed E-state index contributed by atoms with van der Waals surface area (Å²) in [5.74, 6) is -0.294. The molecule has 2 aromatic heterocycles. The first-order valence-corrected chi connectivity index (χ1v) is 15.2. The van der Waals surface area contributed by atoms with E-state index in [1.54, 1.807) is 22.7 Å². The minimum absolute atomic E-state index is 0.0797. The Bertz CT molecular complexity index is 1730. The highest BCUT2D eigenvalue weighted by molar-refractivity contribution is 5.94. The first-order chi connectivity index (χ1) is 21.4. The Kier molecular flexibility index (Phi) is 7.41. The summed E-state index contributed by atoms with van der Waals surface area (Å²) < 4.78 is 27.8. The molecule has 3 aliphatic rings. The van der Waals surface area contributed by atoms with Crippen LogP contribution in [-0.4, -0.2) is 84.4 Å². The molecule has 2 fully saturated rings. The Balaban J connectivity index is 1.22. The van der Waals surface area contributed by atoms with Crippen LogP contribution in [0.2, 0.25) is 0 Å². The summed E-state index contributed by atoms with van der Waals surface area (Å²) in [6.45, 7) is 6.20. The van der Waals surface area contributed by atoms with Crippen molar-refractivity contribution in [1.82, 2.24) is 19.5 Å². The molecule has 0 radical (unpaired) electrons. The Labute approximate surface area is 255 Å². The van der Waals surface area contributed by atoms with E-state index in [1.165, 1.54) is 18.7 Å². The van der Waals surface area contributed by atoms with Crippen LogP contribution in [0.5, 0.6) is 0 Å². The first-order valence-electron chi connectivity index (χ1n) is 15.2. The van der Waals surface area contributed by atoms with Gasteiger partial charge in [0.2, 0.25) is 0 Å². The van der Waals surface area contributed by atoms with E-state index < -0.39 is 5.82 Å². The number of carbonyl (C=O) groups excluding carboxylic acids is 2. The van der Waals surface area contributed by atoms with Crippen LogP contribution in [0.25, 0.3) is 16.9 Å². The normalized spacial score (nSPS) is 20.2. The van der Waals surface area contributed by atoms with Gasteiger partial charge in [0.05, 0.1) is 38.0 Å². The lowest BCUT2D eigenvalue weighted by Crippen LogP contribution is -2.40. The Morgan fingerprint density at radius 2 is 1.82 bits per heavy atom. The molecule has 0 aliphatic carbocycles. The number of halogens is 1. The lowest BCUT2D eigenvalue weighted by molar-refractivity contribution is -0.144. The molecule has 2 aromatic carbocycles. The lowest BCUT2D eigenvalue weighted by atomic mass is 9.93. The average Bonchev–Trinajstić information content (AvgIpc) is 3.72. The number of rotatable bonds is 5. The second-order valence-electron chi connectivity index (χ2n) is 11.6. The van der Waals surface area contributed by atoms with Crippen molar-refractivity contribution in [3.8, 4) is 11.3 Å². The molecule has 0 unspecified atom stereocenters. The molecule has 1 amide bonds. The van der Waals surface area contributed by atoms with E-state index in [1.807, 2.05) is 28.0 Å². The van der Waals surface area contributed by atoms with Crippen LogP contribution in [0.3, 0.4) is 0 Å². The number of ether oxygens (including phenoxy) is 2. The summed E-state index contributed by atoms with van der Waals surface area (Å²) in [5, 5.41) is 4.78. The van der Waals surface area contributed by atoms with Crippen LogP contribution in [0.4, 0.5) is 15.9 Å². The molecule has 0 saturated carbocycles. The molecule has 0 N–H and O–H groups in total. The number of aromatic nitrogens is 3. The number of methoxy groups -OCH3 is 1. The predicted octanol–water partition coefficient (Wildman–Crippen LogP) is 4.13. The van der Waals surface area contributed by atoms with Gasteiger partial charge in [-0.3, -0.25) is 9.59 Å². The van der Waals surface area contributed by atoms with E-state index in [2.05, 4.69) is 24.0 Å². The van der Waals surface area contributed by atoms with Gasteiger partial charge in [-0.25, -0.2) is 9.37 Å². The van der Waals surface area contributed by atoms with Crippen molar-refractivity contribution >= 4 is 29.0 Å². The van der Waals surface area contributed by atoms with Gasteiger partial charge in [-0.2, -0.15) is 9.61 Å². The molecule has 11 heteroatoms. The van der Waals surface area contributed by atoms with E-state index in [4.69, 9.17) is 19.6 Å². The molecule has 2 atom stereocenters. The molecule has 228 valence electrons. The topological polar surface area (TPSA) is 92.5 Å². The fraction of sp³-hybridized carbons (Fsp3) is 0.394. The first kappa shape index (κ1) is 28.3. The largest absolute Gasteiger partial charge is 0.469 e. The third-order valence-corrected chi connectivity index (χ3v) is 9.13. The molecule has 2 saturated heterocycles. The van der Waals surface area contributed by atoms with Gasteiger partial charge in [-0.05, 0) is 49.1 Å². The Morgan fingerprint density at radius 3 is 2.61 bits per heavy atom. The molecule has 10 nitrogen and oxygen atoms in total. The van der Waals surface area contributed by atoms with Crippen LogP contribution < -0.4 is 9.80 Å². The highest BCUT2D eigenvalue weighted by Crippen LogP contribution is 2.33. The van der Waals surface area contributed by atoms with Crippen molar-refractivity contribution in [3.63, 3.8) is 0 Å². The molecule has 5 heterocycles. The monoisotopic (exact) mass is 598 g/mol. The Morgan fingerprint density at radius 1 is 1.00 bits per heavy atom. The van der Waals surface area contributed by atoms with Gasteiger partial charge in [-0.15, -0.1) is 0 Å². The number of amides is 1. The van der Waals surface area contributed by atoms with Crippen molar-refractivity contribution in [3.05, 3.63) is 77.2 Å². The molecular weight excluding hydrogens is 563 g/mol. The zero-order valence-electron chi connectivity index (χ0n) is 24.9. The van der Waals surface area contributed by atoms with Gasteiger partial charge in [0.15, 0.2) is 5.65 Å². The summed E-state index contributed by atoms with van der Waals surface area (Å²) >= 11 is 0. The zero-order chi connectivity index (χ0) is 30.4. The molecule has 0 spiro atoms. The van der Waals surface area contributed by atoms with E-state index in [-0.39, 0.29) is 23.8 Å². The maximum Gasteiger partial charge on any atom is 0.310 e. The number of fused-ring (bicyclic) bond motifs is 2. The van der Waals surface area contributed by atoms with E-state index in [0.29, 0.717) is 80.6 Å². The molecular formula is C33H35FN6O4. The van der Waals surface area contributed by atoms with Crippen molar-refractivity contribution in [2.75, 3.05) is 62.8 Å². The number of carbonyl (C=O) groups is 2. The van der Waals surface area contributed by atoms with Crippen LogP contribution in [0.15, 0.2) is 54.6 Å². The number of esters is 1. The third kappa shape index (κ3) is 5.04. The van der Waals surface area contributed by atoms with E-state index >= 15 is 4.39 Å². The molecule has 3 aliphatic heterocycles. The molecule has 0 bridgehead atoms. The van der Waals surface area contributed by atoms with Gasteiger partial charge in [-0.1, -0.05) is 24.3 Å². The van der Waals surface area contributed by atoms with Crippen molar-refractivity contribution in [2.24, 2.45) is 5.92 Å². The highest BCUT2D eigenvalue weighted by atomic mass is 19.1. The minimum Gasteiger partial charge on any atom is -0.469 e. The third-order valence-electron chi connectivity index (χ3n) is 9.13. The van der Waals surface area contributed by atoms with E-state index in [0.717, 1.165) is 17.8 Å². The van der Waals surface area contributed by atoms with Gasteiger partial charge < -0.3 is 24.2 Å². The quantitative estimate of drug-likeness (QED) is 0.317. The second-order valence-corrected chi connectivity index (χ2v) is 11.6. The maximum absolute atomic E-state index is 15.6. The fourth-order valence-electron chi connectivity index (χ4n) is 6.68. The maximum atomic E-state index is 15.6. The second kappa shape index (κ2) is 11.5. The number of anilines is 2. The van der Waals surface area contributed by atoms with Crippen molar-refractivity contribution in [1.29, 1.82) is 0 Å². The molecule has 7 rings (SSSR count). The SMILES string of the molecule is COC(=O)[C@H]1CCN(c2ccc(-c3cc4nc(C(=O)N5CCc6ccccc6[C@H]5C)cc(N5CCOCC5)n4n3)c(F)c2)C1. The lowest BCUT2D eigenvalue weighted by Gasteiger charge is -2.35. The van der Waals surface area contributed by atoms with Crippen LogP contribution >= 0.6 is 0 Å². The summed E-state index contributed by atoms with van der Waals surface area (Å²) in [6.07, 6.45) is 1.46. The Hall–Kier alpha value is -4.51. The standard InChI is InChI=1S/C33H35FN6O4/c1-21-25-6-4-3-5-22(25)10-12-39(21)32(41)29-19-31(37-13-15-44-16-14-37)40-30(35-29)18-28(36-40)26-8-7-24(17-27(26)34)38-11-9-23(20-38)33(42)43-2/h3-8,17-19,21,23H,9-16,20H2,1-2H3/t21-,23+/m1/s1. The number of morpholine rings is 1. The summed E-state index contributed by atoms with van der Waals surface area (Å²) in [6, 6.07) is 16.8. The number of benzene rings is 2. The molecule has 44 heavy (non-hydrogen) atoms. The average molecular weight is 599 g/mol. The molecule has 4 aromatic rings.